The third-order valence-electron chi connectivity index (χ3n) is 0.765. The topological polar surface area (TPSA) is 98.9 Å². The predicted molar refractivity (Wildman–Crippen MR) is 48.9 cm³/mol. The molecule has 0 saturated heterocycles. The van der Waals surface area contributed by atoms with Crippen LogP contribution in [0.15, 0.2) is 32.5 Å². The molecule has 13 heavy (non-hydrogen) atoms. The molecule has 0 aliphatic rings. The van der Waals surface area contributed by atoms with Crippen molar-refractivity contribution in [3.05, 3.63) is 0 Å². The van der Waals surface area contributed by atoms with Crippen molar-refractivity contribution in [3.8, 4) is 0 Å². The van der Waals surface area contributed by atoms with E-state index in [1.807, 2.05) is 0 Å². The molecule has 0 saturated carbocycles. The van der Waals surface area contributed by atoms with Gasteiger partial charge < -0.3 is 0 Å². The summed E-state index contributed by atoms with van der Waals surface area (Å²) in [5.74, 6) is 0. The van der Waals surface area contributed by atoms with E-state index in [9.17, 15) is 0 Å². The van der Waals surface area contributed by atoms with Gasteiger partial charge in [0.1, 0.15) is 0 Å². The fourth-order valence-electron chi connectivity index (χ4n) is 0.536. The summed E-state index contributed by atoms with van der Waals surface area (Å²) in [6, 6.07) is 0. The van der Waals surface area contributed by atoms with Gasteiger partial charge in [0.25, 0.3) is 0 Å². The van der Waals surface area contributed by atoms with Crippen molar-refractivity contribution in [1.29, 1.82) is 0 Å². The monoisotopic (exact) mass is 381 g/mol. The van der Waals surface area contributed by atoms with E-state index in [1.165, 1.54) is 28.2 Å². The first-order chi connectivity index (χ1) is 6.24. The Morgan fingerprint density at radius 3 is 0.923 bits per heavy atom. The SMILES string of the molecule is CN=[N][Po]([N]=NC)([N]=NC)[N]=NC. The van der Waals surface area contributed by atoms with Gasteiger partial charge >= 0.3 is 82.4 Å². The molecule has 0 fully saturated rings. The molecule has 0 aromatic heterocycles. The molecule has 0 aliphatic heterocycles. The Bertz CT molecular complexity index is 189. The molecule has 0 bridgehead atoms. The average molecular weight is 381 g/mol. The molecule has 0 aliphatic carbocycles. The molecule has 0 unspecified atom stereocenters. The van der Waals surface area contributed by atoms with Crippen molar-refractivity contribution in [1.82, 2.24) is 0 Å². The van der Waals surface area contributed by atoms with Crippen molar-refractivity contribution in [2.75, 3.05) is 28.2 Å². The van der Waals surface area contributed by atoms with Crippen LogP contribution >= 0.6 is 0 Å². The molecule has 0 amide bonds. The second-order valence-corrected chi connectivity index (χ2v) is 7.96. The summed E-state index contributed by atoms with van der Waals surface area (Å²) in [7, 11) is 6.14. The van der Waals surface area contributed by atoms with Crippen LogP contribution in [-0.2, 0) is 0 Å². The first-order valence-corrected chi connectivity index (χ1v) is 9.00. The molecule has 8 nitrogen and oxygen atoms in total. The molecule has 0 N–H and O–H groups in total. The second-order valence-electron chi connectivity index (χ2n) is 1.62. The van der Waals surface area contributed by atoms with Gasteiger partial charge in [0, 0.05) is 0 Å². The number of hydrogen-bond donors (Lipinski definition) is 0. The first-order valence-electron chi connectivity index (χ1n) is 3.32. The van der Waals surface area contributed by atoms with Crippen LogP contribution in [0.3, 0.4) is 0 Å². The summed E-state index contributed by atoms with van der Waals surface area (Å²) in [5.41, 5.74) is 0. The van der Waals surface area contributed by atoms with Crippen LogP contribution in [0.4, 0.5) is 0 Å². The van der Waals surface area contributed by atoms with Gasteiger partial charge in [-0.1, -0.05) is 0 Å². The van der Waals surface area contributed by atoms with Gasteiger partial charge in [0.2, 0.25) is 0 Å². The fraction of sp³-hybridized carbons (Fsp3) is 1.00. The summed E-state index contributed by atoms with van der Waals surface area (Å²) < 4.78 is 15.5. The molecule has 0 rings (SSSR count). The normalized spacial score (nSPS) is 20.6. The van der Waals surface area contributed by atoms with E-state index in [0.29, 0.717) is 0 Å². The molecule has 9 heteroatoms. The van der Waals surface area contributed by atoms with Gasteiger partial charge in [0.05, 0.1) is 0 Å². The van der Waals surface area contributed by atoms with Crippen molar-refractivity contribution < 1.29 is 0 Å². The van der Waals surface area contributed by atoms with Crippen molar-refractivity contribution in [3.63, 3.8) is 0 Å². The Morgan fingerprint density at radius 1 is 0.538 bits per heavy atom. The summed E-state index contributed by atoms with van der Waals surface area (Å²) in [6.07, 6.45) is 0. The van der Waals surface area contributed by atoms with Crippen LogP contribution in [0.25, 0.3) is 0 Å². The van der Waals surface area contributed by atoms with E-state index >= 15 is 0 Å². The first kappa shape index (κ1) is 12.3. The van der Waals surface area contributed by atoms with Crippen LogP contribution in [0.5, 0.6) is 0 Å². The minimum absolute atomic E-state index is 1.53. The van der Waals surface area contributed by atoms with Crippen LogP contribution in [-0.4, -0.2) is 49.9 Å². The van der Waals surface area contributed by atoms with Crippen LogP contribution in [0.1, 0.15) is 0 Å². The summed E-state index contributed by atoms with van der Waals surface area (Å²) in [4.78, 5) is 0. The van der Waals surface area contributed by atoms with E-state index < -0.39 is 21.7 Å². The Morgan fingerprint density at radius 2 is 0.769 bits per heavy atom. The van der Waals surface area contributed by atoms with Crippen LogP contribution < -0.4 is 0 Å². The van der Waals surface area contributed by atoms with E-state index in [2.05, 4.69) is 32.5 Å². The molecule has 0 aromatic carbocycles. The van der Waals surface area contributed by atoms with Crippen molar-refractivity contribution in [2.45, 2.75) is 0 Å². The molecule has 0 heterocycles. The van der Waals surface area contributed by atoms with E-state index in [4.69, 9.17) is 0 Å². The Balaban J connectivity index is 5.02. The number of nitrogens with zero attached hydrogens (tertiary/aromatic N) is 8. The molecular weight excluding hydrogens is 369 g/mol. The van der Waals surface area contributed by atoms with Gasteiger partial charge in [-0.15, -0.1) is 0 Å². The maximum absolute atomic E-state index is 3.88. The minimum atomic E-state index is -3.71. The zero-order valence-corrected chi connectivity index (χ0v) is 11.2. The van der Waals surface area contributed by atoms with Gasteiger partial charge in [0.15, 0.2) is 0 Å². The average Bonchev–Trinajstić information content (AvgIpc) is 2.06. The Hall–Kier alpha value is -0.704. The molecule has 0 radical (unpaired) electrons. The quantitative estimate of drug-likeness (QED) is 0.663. The third kappa shape index (κ3) is 4.17. The molecule has 74 valence electrons. The van der Waals surface area contributed by atoms with Crippen molar-refractivity contribution >= 4 is 21.7 Å². The van der Waals surface area contributed by atoms with E-state index in [0.717, 1.165) is 0 Å². The van der Waals surface area contributed by atoms with Gasteiger partial charge in [-0.05, 0) is 0 Å². The second kappa shape index (κ2) is 6.77. The zero-order valence-electron chi connectivity index (χ0n) is 7.99. The van der Waals surface area contributed by atoms with Crippen LogP contribution in [0.2, 0.25) is 0 Å². The Kier molecular flexibility index (Phi) is 6.41. The van der Waals surface area contributed by atoms with Gasteiger partial charge in [-0.2, -0.15) is 0 Å². The standard InChI is InChI=1S/4CH3N2.Po/c4*1-3-2;/h4*1H3;/q4*-1;+4. The van der Waals surface area contributed by atoms with Crippen molar-refractivity contribution in [2.24, 2.45) is 32.5 Å². The Labute approximate surface area is 82.5 Å². The van der Waals surface area contributed by atoms with Crippen LogP contribution in [0, 0.1) is 0 Å². The molecular formula is C4H12N8Po. The van der Waals surface area contributed by atoms with E-state index in [-0.39, 0.29) is 0 Å². The number of rotatable bonds is 4. The van der Waals surface area contributed by atoms with Gasteiger partial charge in [-0.3, -0.25) is 0 Å². The van der Waals surface area contributed by atoms with E-state index in [1.54, 1.807) is 0 Å². The summed E-state index contributed by atoms with van der Waals surface area (Å²) in [5, 5.41) is 14.5. The predicted octanol–water partition coefficient (Wildman–Crippen LogP) is 1.75. The third-order valence-corrected chi connectivity index (χ3v) is 6.71. The summed E-state index contributed by atoms with van der Waals surface area (Å²) in [6.45, 7) is 0. The molecule has 0 spiro atoms. The molecule has 0 aromatic rings. The fourth-order valence-corrected chi connectivity index (χ4v) is 4.70. The zero-order chi connectivity index (χ0) is 10.2. The molecule has 0 atom stereocenters. The maximum atomic E-state index is 3.88. The summed E-state index contributed by atoms with van der Waals surface area (Å²) >= 11 is -3.71. The van der Waals surface area contributed by atoms with Gasteiger partial charge in [-0.25, -0.2) is 0 Å². The number of hydrogen-bond acceptors (Lipinski definition) is 8.